The predicted octanol–water partition coefficient (Wildman–Crippen LogP) is 4.41. The van der Waals surface area contributed by atoms with Crippen LogP contribution in [0.15, 0.2) is 5.38 Å². The standard InChI is InChI=1S/C21H33N3O2S/c25-20(23-21-22-18(15-27-21)17-6-2-1-3-7-17)19-8-4-5-11-24(19)14-16-9-12-26-13-10-16/h15-17,19H,1-14H2,(H,22,23,25). The summed E-state index contributed by atoms with van der Waals surface area (Å²) in [4.78, 5) is 20.2. The third-order valence-corrected chi connectivity index (χ3v) is 7.30. The molecule has 4 rings (SSSR count). The summed E-state index contributed by atoms with van der Waals surface area (Å²) in [7, 11) is 0. The van der Waals surface area contributed by atoms with Gasteiger partial charge in [-0.15, -0.1) is 11.3 Å². The van der Waals surface area contributed by atoms with Crippen molar-refractivity contribution < 1.29 is 9.53 Å². The number of amides is 1. The SMILES string of the molecule is O=C(Nc1nc(C2CCCCC2)cs1)C1CCCCN1CC1CCOCC1. The zero-order valence-electron chi connectivity index (χ0n) is 16.3. The van der Waals surface area contributed by atoms with Gasteiger partial charge in [0.15, 0.2) is 5.13 Å². The minimum absolute atomic E-state index is 0.00336. The number of carbonyl (C=O) groups excluding carboxylic acids is 1. The molecule has 0 bridgehead atoms. The van der Waals surface area contributed by atoms with E-state index in [9.17, 15) is 4.79 Å². The molecule has 0 aromatic carbocycles. The van der Waals surface area contributed by atoms with Crippen molar-refractivity contribution >= 4 is 22.4 Å². The maximum Gasteiger partial charge on any atom is 0.243 e. The van der Waals surface area contributed by atoms with Gasteiger partial charge in [0.25, 0.3) is 0 Å². The number of piperidine rings is 1. The van der Waals surface area contributed by atoms with E-state index in [0.29, 0.717) is 11.8 Å². The van der Waals surface area contributed by atoms with Crippen molar-refractivity contribution in [3.63, 3.8) is 0 Å². The van der Waals surface area contributed by atoms with E-state index in [1.54, 1.807) is 11.3 Å². The number of anilines is 1. The van der Waals surface area contributed by atoms with Gasteiger partial charge in [-0.3, -0.25) is 9.69 Å². The molecule has 2 aliphatic heterocycles. The Kier molecular flexibility index (Phi) is 6.79. The van der Waals surface area contributed by atoms with Gasteiger partial charge in [-0.1, -0.05) is 25.7 Å². The van der Waals surface area contributed by atoms with Crippen molar-refractivity contribution in [3.8, 4) is 0 Å². The monoisotopic (exact) mass is 391 g/mol. The van der Waals surface area contributed by atoms with Gasteiger partial charge >= 0.3 is 0 Å². The number of thiazole rings is 1. The molecule has 1 unspecified atom stereocenters. The Hall–Kier alpha value is -0.980. The molecule has 1 saturated carbocycles. The number of hydrogen-bond acceptors (Lipinski definition) is 5. The van der Waals surface area contributed by atoms with Crippen LogP contribution in [0.1, 0.15) is 75.8 Å². The van der Waals surface area contributed by atoms with Crippen LogP contribution in [-0.4, -0.2) is 48.1 Å². The lowest BCUT2D eigenvalue weighted by Crippen LogP contribution is -2.49. The Morgan fingerprint density at radius 1 is 1.11 bits per heavy atom. The largest absolute Gasteiger partial charge is 0.381 e. The summed E-state index contributed by atoms with van der Waals surface area (Å²) in [5.41, 5.74) is 1.19. The van der Waals surface area contributed by atoms with E-state index >= 15 is 0 Å². The lowest BCUT2D eigenvalue weighted by atomic mass is 9.87. The molecule has 2 saturated heterocycles. The molecule has 3 aliphatic rings. The molecule has 3 heterocycles. The highest BCUT2D eigenvalue weighted by molar-refractivity contribution is 7.13. The van der Waals surface area contributed by atoms with Crippen LogP contribution in [-0.2, 0) is 9.53 Å². The molecule has 1 N–H and O–H groups in total. The maximum atomic E-state index is 13.0. The van der Waals surface area contributed by atoms with Crippen LogP contribution in [0.4, 0.5) is 5.13 Å². The van der Waals surface area contributed by atoms with Crippen molar-refractivity contribution in [2.75, 3.05) is 31.6 Å². The number of likely N-dealkylation sites (tertiary alicyclic amines) is 1. The van der Waals surface area contributed by atoms with E-state index in [0.717, 1.165) is 57.1 Å². The van der Waals surface area contributed by atoms with Crippen molar-refractivity contribution in [3.05, 3.63) is 11.1 Å². The van der Waals surface area contributed by atoms with E-state index < -0.39 is 0 Å². The zero-order chi connectivity index (χ0) is 18.5. The first-order valence-corrected chi connectivity index (χ1v) is 11.8. The quantitative estimate of drug-likeness (QED) is 0.808. The van der Waals surface area contributed by atoms with Gasteiger partial charge in [-0.2, -0.15) is 0 Å². The lowest BCUT2D eigenvalue weighted by Gasteiger charge is -2.37. The summed E-state index contributed by atoms with van der Waals surface area (Å²) in [6.45, 7) is 3.82. The highest BCUT2D eigenvalue weighted by Gasteiger charge is 2.31. The van der Waals surface area contributed by atoms with Crippen LogP contribution in [0.5, 0.6) is 0 Å². The van der Waals surface area contributed by atoms with Gasteiger partial charge in [0.05, 0.1) is 11.7 Å². The average Bonchev–Trinajstić information content (AvgIpc) is 3.18. The third kappa shape index (κ3) is 5.09. The fourth-order valence-electron chi connectivity index (χ4n) is 4.89. The summed E-state index contributed by atoms with van der Waals surface area (Å²) in [6, 6.07) is 0.00336. The van der Waals surface area contributed by atoms with Crippen molar-refractivity contribution in [1.82, 2.24) is 9.88 Å². The Morgan fingerprint density at radius 3 is 2.70 bits per heavy atom. The summed E-state index contributed by atoms with van der Waals surface area (Å²) in [6.07, 6.45) is 12.1. The van der Waals surface area contributed by atoms with Crippen LogP contribution in [0.3, 0.4) is 0 Å². The molecule has 6 heteroatoms. The first kappa shape index (κ1) is 19.3. The first-order chi connectivity index (χ1) is 13.3. The summed E-state index contributed by atoms with van der Waals surface area (Å²) < 4.78 is 5.49. The van der Waals surface area contributed by atoms with Crippen LogP contribution in [0.2, 0.25) is 0 Å². The van der Waals surface area contributed by atoms with Crippen LogP contribution in [0.25, 0.3) is 0 Å². The molecule has 5 nitrogen and oxygen atoms in total. The van der Waals surface area contributed by atoms with Gasteiger partial charge in [0.1, 0.15) is 0 Å². The number of hydrogen-bond donors (Lipinski definition) is 1. The molecular weight excluding hydrogens is 358 g/mol. The Morgan fingerprint density at radius 2 is 1.89 bits per heavy atom. The second-order valence-electron chi connectivity index (χ2n) is 8.46. The second-order valence-corrected chi connectivity index (χ2v) is 9.32. The number of nitrogens with one attached hydrogen (secondary N) is 1. The van der Waals surface area contributed by atoms with E-state index in [-0.39, 0.29) is 11.9 Å². The maximum absolute atomic E-state index is 13.0. The molecule has 27 heavy (non-hydrogen) atoms. The minimum Gasteiger partial charge on any atom is -0.381 e. The van der Waals surface area contributed by atoms with Crippen molar-refractivity contribution in [2.24, 2.45) is 5.92 Å². The topological polar surface area (TPSA) is 54.5 Å². The van der Waals surface area contributed by atoms with Crippen LogP contribution < -0.4 is 5.32 Å². The van der Waals surface area contributed by atoms with Crippen molar-refractivity contribution in [2.45, 2.75) is 76.2 Å². The molecule has 1 aliphatic carbocycles. The molecule has 1 atom stereocenters. The highest BCUT2D eigenvalue weighted by atomic mass is 32.1. The predicted molar refractivity (Wildman–Crippen MR) is 109 cm³/mol. The summed E-state index contributed by atoms with van der Waals surface area (Å²) in [5.74, 6) is 1.41. The molecule has 0 spiro atoms. The third-order valence-electron chi connectivity index (χ3n) is 6.53. The zero-order valence-corrected chi connectivity index (χ0v) is 17.1. The first-order valence-electron chi connectivity index (χ1n) is 10.9. The summed E-state index contributed by atoms with van der Waals surface area (Å²) >= 11 is 1.59. The van der Waals surface area contributed by atoms with Gasteiger partial charge in [-0.25, -0.2) is 4.98 Å². The number of aromatic nitrogens is 1. The minimum atomic E-state index is 0.00336. The second kappa shape index (κ2) is 9.48. The average molecular weight is 392 g/mol. The number of ether oxygens (including phenoxy) is 1. The Labute approximate surface area is 166 Å². The fourth-order valence-corrected chi connectivity index (χ4v) is 5.68. The Bertz CT molecular complexity index is 608. The van der Waals surface area contributed by atoms with E-state index in [1.807, 2.05) is 0 Å². The molecule has 1 amide bonds. The molecule has 3 fully saturated rings. The van der Waals surface area contributed by atoms with Crippen LogP contribution >= 0.6 is 11.3 Å². The summed E-state index contributed by atoms with van der Waals surface area (Å²) in [5, 5.41) is 6.09. The normalized spacial score (nSPS) is 26.1. The number of nitrogens with zero attached hydrogens (tertiary/aromatic N) is 2. The fraction of sp³-hybridized carbons (Fsp3) is 0.810. The van der Waals surface area contributed by atoms with Gasteiger partial charge < -0.3 is 10.1 Å². The van der Waals surface area contributed by atoms with Gasteiger partial charge in [0, 0.05) is 31.1 Å². The molecule has 150 valence electrons. The number of carbonyl (C=O) groups is 1. The lowest BCUT2D eigenvalue weighted by molar-refractivity contribution is -0.122. The molecule has 1 aromatic heterocycles. The Balaban J connectivity index is 1.34. The van der Waals surface area contributed by atoms with E-state index in [2.05, 4.69) is 15.6 Å². The van der Waals surface area contributed by atoms with Crippen molar-refractivity contribution in [1.29, 1.82) is 0 Å². The smallest absolute Gasteiger partial charge is 0.243 e. The van der Waals surface area contributed by atoms with E-state index in [1.165, 1.54) is 44.2 Å². The molecule has 0 radical (unpaired) electrons. The van der Waals surface area contributed by atoms with E-state index in [4.69, 9.17) is 9.72 Å². The highest BCUT2D eigenvalue weighted by Crippen LogP contribution is 2.34. The number of rotatable bonds is 5. The van der Waals surface area contributed by atoms with Gasteiger partial charge in [0.2, 0.25) is 5.91 Å². The molecular formula is C21H33N3O2S. The molecule has 1 aromatic rings. The van der Waals surface area contributed by atoms with Gasteiger partial charge in [-0.05, 0) is 51.0 Å². The van der Waals surface area contributed by atoms with Crippen LogP contribution in [0, 0.1) is 5.92 Å².